The van der Waals surface area contributed by atoms with Crippen LogP contribution in [0.4, 0.5) is 0 Å². The van der Waals surface area contributed by atoms with Gasteiger partial charge < -0.3 is 14.2 Å². The van der Waals surface area contributed by atoms with E-state index in [0.29, 0.717) is 31.4 Å². The number of carbonyl (C=O) groups excluding carboxylic acids is 1. The van der Waals surface area contributed by atoms with Gasteiger partial charge >= 0.3 is 5.97 Å². The minimum Gasteiger partial charge on any atom is -0.495 e. The van der Waals surface area contributed by atoms with E-state index in [1.165, 1.54) is 12.1 Å². The van der Waals surface area contributed by atoms with Gasteiger partial charge in [-0.25, -0.2) is 4.79 Å². The molecule has 0 radical (unpaired) electrons. The minimum atomic E-state index is -4.37. The Bertz CT molecular complexity index is 1260. The van der Waals surface area contributed by atoms with E-state index in [1.807, 2.05) is 6.07 Å². The van der Waals surface area contributed by atoms with Crippen LogP contribution in [-0.4, -0.2) is 39.3 Å². The third-order valence-electron chi connectivity index (χ3n) is 4.23. The molecule has 0 saturated heterocycles. The molecule has 0 heterocycles. The van der Waals surface area contributed by atoms with Gasteiger partial charge in [0.05, 0.1) is 19.8 Å². The van der Waals surface area contributed by atoms with Crippen LogP contribution in [0.2, 0.25) is 0 Å². The summed E-state index contributed by atoms with van der Waals surface area (Å²) in [6, 6.07) is 11.3. The second-order valence-electron chi connectivity index (χ2n) is 6.13. The lowest BCUT2D eigenvalue weighted by Crippen LogP contribution is -2.15. The van der Waals surface area contributed by atoms with Gasteiger partial charge in [0.1, 0.15) is 29.6 Å². The summed E-state index contributed by atoms with van der Waals surface area (Å²) in [5.74, 6) is 0.549. The smallest absolute Gasteiger partial charge is 0.340 e. The molecule has 0 aromatic heterocycles. The molecule has 1 N–H and O–H groups in total. The number of benzene rings is 3. The van der Waals surface area contributed by atoms with Gasteiger partial charge in [0.25, 0.3) is 10.1 Å². The molecular formula is C20H15I3O7S. The molecule has 0 bridgehead atoms. The molecule has 0 fully saturated rings. The van der Waals surface area contributed by atoms with Crippen molar-refractivity contribution in [3.8, 4) is 11.5 Å². The SMILES string of the molecule is COc1c(I)cc(I)c(C(=O)OCCOc2ccc(S(=O)(=O)O)c3ccccc23)c1I. The van der Waals surface area contributed by atoms with Crippen molar-refractivity contribution in [2.45, 2.75) is 4.90 Å². The number of carbonyl (C=O) groups is 1. The van der Waals surface area contributed by atoms with Gasteiger partial charge in [-0.3, -0.25) is 4.55 Å². The van der Waals surface area contributed by atoms with Crippen LogP contribution in [0.25, 0.3) is 10.8 Å². The molecule has 3 aromatic carbocycles. The quantitative estimate of drug-likeness (QED) is 0.154. The largest absolute Gasteiger partial charge is 0.495 e. The van der Waals surface area contributed by atoms with E-state index < -0.39 is 16.1 Å². The van der Waals surface area contributed by atoms with Crippen LogP contribution < -0.4 is 9.47 Å². The normalized spacial score (nSPS) is 11.4. The Balaban J connectivity index is 1.73. The highest BCUT2D eigenvalue weighted by molar-refractivity contribution is 14.1. The van der Waals surface area contributed by atoms with Gasteiger partial charge in [0.2, 0.25) is 0 Å². The molecule has 3 rings (SSSR count). The first kappa shape index (κ1) is 24.7. The number of hydrogen-bond acceptors (Lipinski definition) is 6. The molecule has 3 aromatic rings. The lowest BCUT2D eigenvalue weighted by atomic mass is 10.1. The Kier molecular flexibility index (Phi) is 8.26. The Morgan fingerprint density at radius 2 is 1.68 bits per heavy atom. The fourth-order valence-electron chi connectivity index (χ4n) is 2.90. The van der Waals surface area contributed by atoms with E-state index >= 15 is 0 Å². The molecule has 164 valence electrons. The summed E-state index contributed by atoms with van der Waals surface area (Å²) in [5, 5.41) is 0.866. The van der Waals surface area contributed by atoms with Crippen LogP contribution in [-0.2, 0) is 14.9 Å². The van der Waals surface area contributed by atoms with Gasteiger partial charge in [-0.05, 0) is 86.0 Å². The van der Waals surface area contributed by atoms with Crippen molar-refractivity contribution in [2.24, 2.45) is 0 Å². The van der Waals surface area contributed by atoms with E-state index in [1.54, 1.807) is 31.4 Å². The topological polar surface area (TPSA) is 99.1 Å². The molecule has 0 amide bonds. The maximum absolute atomic E-state index is 12.6. The van der Waals surface area contributed by atoms with E-state index in [0.717, 1.165) is 7.14 Å². The summed E-state index contributed by atoms with van der Waals surface area (Å²) in [7, 11) is -2.82. The average molecular weight is 780 g/mol. The Labute approximate surface area is 220 Å². The summed E-state index contributed by atoms with van der Waals surface area (Å²) in [6.07, 6.45) is 0. The third kappa shape index (κ3) is 5.54. The molecule has 0 unspecified atom stereocenters. The van der Waals surface area contributed by atoms with Gasteiger partial charge in [0.15, 0.2) is 0 Å². The molecular weight excluding hydrogens is 765 g/mol. The number of ether oxygens (including phenoxy) is 3. The highest BCUT2D eigenvalue weighted by atomic mass is 127. The fourth-order valence-corrected chi connectivity index (χ4v) is 7.85. The zero-order valence-electron chi connectivity index (χ0n) is 15.9. The first-order valence-corrected chi connectivity index (χ1v) is 13.3. The minimum absolute atomic E-state index is 0.00628. The lowest BCUT2D eigenvalue weighted by Gasteiger charge is -2.14. The highest BCUT2D eigenvalue weighted by Gasteiger charge is 2.22. The Morgan fingerprint density at radius 1 is 1.00 bits per heavy atom. The monoisotopic (exact) mass is 780 g/mol. The number of hydrogen-bond donors (Lipinski definition) is 1. The van der Waals surface area contributed by atoms with Crippen LogP contribution in [0.3, 0.4) is 0 Å². The predicted molar refractivity (Wildman–Crippen MR) is 141 cm³/mol. The maximum Gasteiger partial charge on any atom is 0.340 e. The van der Waals surface area contributed by atoms with Crippen molar-refractivity contribution in [3.05, 3.63) is 58.7 Å². The molecule has 0 aliphatic carbocycles. The zero-order chi connectivity index (χ0) is 22.8. The van der Waals surface area contributed by atoms with Gasteiger partial charge in [-0.2, -0.15) is 8.42 Å². The molecule has 0 aliphatic heterocycles. The molecule has 0 atom stereocenters. The van der Waals surface area contributed by atoms with Crippen molar-refractivity contribution in [3.63, 3.8) is 0 Å². The maximum atomic E-state index is 12.6. The van der Waals surface area contributed by atoms with E-state index in [4.69, 9.17) is 14.2 Å². The number of methoxy groups -OCH3 is 1. The van der Waals surface area contributed by atoms with Crippen LogP contribution in [0.5, 0.6) is 11.5 Å². The summed E-state index contributed by atoms with van der Waals surface area (Å²) in [5.41, 5.74) is 0.432. The van der Waals surface area contributed by atoms with E-state index in [9.17, 15) is 17.8 Å². The van der Waals surface area contributed by atoms with Gasteiger partial charge in [-0.15, -0.1) is 0 Å². The van der Waals surface area contributed by atoms with Gasteiger partial charge in [-0.1, -0.05) is 24.3 Å². The van der Waals surface area contributed by atoms with Crippen LogP contribution >= 0.6 is 67.8 Å². The van der Waals surface area contributed by atoms with Crippen molar-refractivity contribution in [1.29, 1.82) is 0 Å². The second-order valence-corrected chi connectivity index (χ2v) is 10.9. The average Bonchev–Trinajstić information content (AvgIpc) is 2.70. The number of halogens is 3. The zero-order valence-corrected chi connectivity index (χ0v) is 23.2. The molecule has 31 heavy (non-hydrogen) atoms. The standard InChI is InChI=1S/C20H15I3O7S/c1-28-19-14(22)10-13(21)17(18(19)23)20(24)30-9-8-29-15-6-7-16(31(25,26)27)12-5-3-2-4-11(12)15/h2-7,10H,8-9H2,1H3,(H,25,26,27). The fraction of sp³-hybridized carbons (Fsp3) is 0.150. The third-order valence-corrected chi connectivity index (χ3v) is 7.83. The summed E-state index contributed by atoms with van der Waals surface area (Å²) in [4.78, 5) is 12.4. The summed E-state index contributed by atoms with van der Waals surface area (Å²) >= 11 is 6.29. The highest BCUT2D eigenvalue weighted by Crippen LogP contribution is 2.34. The van der Waals surface area contributed by atoms with Crippen molar-refractivity contribution in [2.75, 3.05) is 20.3 Å². The molecule has 0 saturated carbocycles. The molecule has 0 aliphatic rings. The van der Waals surface area contributed by atoms with Crippen molar-refractivity contribution >= 4 is 94.6 Å². The predicted octanol–water partition coefficient (Wildman–Crippen LogP) is 5.14. The number of rotatable bonds is 7. The van der Waals surface area contributed by atoms with E-state index in [-0.39, 0.29) is 18.1 Å². The van der Waals surface area contributed by atoms with Crippen LogP contribution in [0, 0.1) is 10.7 Å². The van der Waals surface area contributed by atoms with Crippen LogP contribution in [0.1, 0.15) is 10.4 Å². The first-order valence-electron chi connectivity index (χ1n) is 8.65. The number of esters is 1. The number of fused-ring (bicyclic) bond motifs is 1. The second kappa shape index (κ2) is 10.4. The lowest BCUT2D eigenvalue weighted by molar-refractivity contribution is 0.0448. The molecule has 7 nitrogen and oxygen atoms in total. The summed E-state index contributed by atoms with van der Waals surface area (Å²) in [6.45, 7) is 0.0588. The van der Waals surface area contributed by atoms with Crippen molar-refractivity contribution in [1.82, 2.24) is 0 Å². The Hall–Kier alpha value is -0.910. The van der Waals surface area contributed by atoms with Crippen molar-refractivity contribution < 1.29 is 32.0 Å². The molecule has 11 heteroatoms. The summed E-state index contributed by atoms with van der Waals surface area (Å²) < 4.78 is 51.4. The van der Waals surface area contributed by atoms with E-state index in [2.05, 4.69) is 67.8 Å². The van der Waals surface area contributed by atoms with Gasteiger partial charge in [0, 0.05) is 14.3 Å². The van der Waals surface area contributed by atoms with Crippen LogP contribution in [0.15, 0.2) is 47.4 Å². The molecule has 0 spiro atoms. The Morgan fingerprint density at radius 3 is 2.32 bits per heavy atom. The first-order chi connectivity index (χ1) is 14.6.